The quantitative estimate of drug-likeness (QED) is 0.624. The summed E-state index contributed by atoms with van der Waals surface area (Å²) in [5.74, 6) is 0. The minimum Gasteiger partial charge on any atom is -0.330 e. The van der Waals surface area contributed by atoms with Gasteiger partial charge in [-0.05, 0) is 57.0 Å². The van der Waals surface area contributed by atoms with Crippen LogP contribution in [-0.4, -0.2) is 13.1 Å². The molecule has 1 saturated carbocycles. The summed E-state index contributed by atoms with van der Waals surface area (Å²) in [6, 6.07) is 0. The van der Waals surface area contributed by atoms with Gasteiger partial charge in [0.15, 0.2) is 0 Å². The SMILES string of the molecule is NCCCCC1(CCCCN)CCCCC1. The zero-order chi connectivity index (χ0) is 11.7. The maximum absolute atomic E-state index is 5.59. The largest absolute Gasteiger partial charge is 0.330 e. The Kier molecular flexibility index (Phi) is 7.06. The van der Waals surface area contributed by atoms with Crippen molar-refractivity contribution in [2.45, 2.75) is 70.6 Å². The molecule has 96 valence electrons. The van der Waals surface area contributed by atoms with Crippen LogP contribution in [0.2, 0.25) is 0 Å². The molecule has 0 bridgehead atoms. The summed E-state index contributed by atoms with van der Waals surface area (Å²) < 4.78 is 0. The molecule has 4 N–H and O–H groups in total. The fraction of sp³-hybridized carbons (Fsp3) is 1.00. The standard InChI is InChI=1S/C14H30N2/c15-12-6-4-10-14(11-5-7-13-16)8-2-1-3-9-14/h1-13,15-16H2. The van der Waals surface area contributed by atoms with Gasteiger partial charge in [0.25, 0.3) is 0 Å². The summed E-state index contributed by atoms with van der Waals surface area (Å²) in [7, 11) is 0. The molecular formula is C14H30N2. The zero-order valence-electron chi connectivity index (χ0n) is 10.8. The molecule has 0 aliphatic heterocycles. The first-order valence-electron chi connectivity index (χ1n) is 7.23. The third kappa shape index (κ3) is 4.84. The summed E-state index contributed by atoms with van der Waals surface area (Å²) in [6.45, 7) is 1.72. The smallest absolute Gasteiger partial charge is 0.00773 e. The van der Waals surface area contributed by atoms with Crippen molar-refractivity contribution in [2.24, 2.45) is 16.9 Å². The second-order valence-electron chi connectivity index (χ2n) is 5.55. The second kappa shape index (κ2) is 8.08. The molecule has 0 aromatic rings. The molecule has 16 heavy (non-hydrogen) atoms. The fourth-order valence-corrected chi connectivity index (χ4v) is 3.22. The normalized spacial score (nSPS) is 19.9. The van der Waals surface area contributed by atoms with Crippen LogP contribution >= 0.6 is 0 Å². The lowest BCUT2D eigenvalue weighted by atomic mass is 9.68. The van der Waals surface area contributed by atoms with Gasteiger partial charge in [0, 0.05) is 0 Å². The van der Waals surface area contributed by atoms with Gasteiger partial charge in [-0.15, -0.1) is 0 Å². The number of hydrogen-bond donors (Lipinski definition) is 2. The third-order valence-electron chi connectivity index (χ3n) is 4.24. The van der Waals surface area contributed by atoms with E-state index >= 15 is 0 Å². The fourth-order valence-electron chi connectivity index (χ4n) is 3.22. The van der Waals surface area contributed by atoms with Crippen molar-refractivity contribution in [3.63, 3.8) is 0 Å². The molecule has 0 radical (unpaired) electrons. The highest BCUT2D eigenvalue weighted by molar-refractivity contribution is 4.82. The predicted octanol–water partition coefficient (Wildman–Crippen LogP) is 3.19. The Morgan fingerprint density at radius 2 is 1.19 bits per heavy atom. The molecule has 1 rings (SSSR count). The molecule has 0 atom stereocenters. The van der Waals surface area contributed by atoms with Crippen LogP contribution in [0.1, 0.15) is 70.6 Å². The van der Waals surface area contributed by atoms with Gasteiger partial charge < -0.3 is 11.5 Å². The van der Waals surface area contributed by atoms with Crippen LogP contribution in [0.25, 0.3) is 0 Å². The minimum atomic E-state index is 0.669. The molecule has 1 fully saturated rings. The van der Waals surface area contributed by atoms with Crippen molar-refractivity contribution < 1.29 is 0 Å². The van der Waals surface area contributed by atoms with Crippen molar-refractivity contribution in [1.29, 1.82) is 0 Å². The molecule has 1 aliphatic rings. The monoisotopic (exact) mass is 226 g/mol. The van der Waals surface area contributed by atoms with Crippen LogP contribution in [0.5, 0.6) is 0 Å². The van der Waals surface area contributed by atoms with Crippen LogP contribution in [0.15, 0.2) is 0 Å². The first-order valence-corrected chi connectivity index (χ1v) is 7.23. The van der Waals surface area contributed by atoms with E-state index in [0.717, 1.165) is 13.1 Å². The lowest BCUT2D eigenvalue weighted by Gasteiger charge is -2.38. The van der Waals surface area contributed by atoms with E-state index in [-0.39, 0.29) is 0 Å². The van der Waals surface area contributed by atoms with Gasteiger partial charge in [-0.2, -0.15) is 0 Å². The second-order valence-corrected chi connectivity index (χ2v) is 5.55. The Morgan fingerprint density at radius 1 is 0.688 bits per heavy atom. The van der Waals surface area contributed by atoms with Crippen molar-refractivity contribution in [3.8, 4) is 0 Å². The first-order chi connectivity index (χ1) is 7.83. The van der Waals surface area contributed by atoms with Gasteiger partial charge in [0.2, 0.25) is 0 Å². The van der Waals surface area contributed by atoms with Gasteiger partial charge in [0.05, 0.1) is 0 Å². The van der Waals surface area contributed by atoms with E-state index in [0.29, 0.717) is 5.41 Å². The Balaban J connectivity index is 2.33. The molecule has 2 heteroatoms. The summed E-state index contributed by atoms with van der Waals surface area (Å²) in [6.07, 6.45) is 15.2. The Bertz CT molecular complexity index is 150. The summed E-state index contributed by atoms with van der Waals surface area (Å²) in [5.41, 5.74) is 11.9. The molecule has 0 aromatic heterocycles. The van der Waals surface area contributed by atoms with E-state index in [9.17, 15) is 0 Å². The number of rotatable bonds is 8. The van der Waals surface area contributed by atoms with Gasteiger partial charge >= 0.3 is 0 Å². The molecule has 0 saturated heterocycles. The van der Waals surface area contributed by atoms with Gasteiger partial charge in [-0.25, -0.2) is 0 Å². The molecule has 0 amide bonds. The Labute approximate surface area is 101 Å². The molecule has 0 unspecified atom stereocenters. The molecular weight excluding hydrogens is 196 g/mol. The molecule has 0 heterocycles. The summed E-state index contributed by atoms with van der Waals surface area (Å²) in [5, 5.41) is 0. The average molecular weight is 226 g/mol. The van der Waals surface area contributed by atoms with Gasteiger partial charge in [0.1, 0.15) is 0 Å². The molecule has 0 spiro atoms. The predicted molar refractivity (Wildman–Crippen MR) is 71.3 cm³/mol. The van der Waals surface area contributed by atoms with E-state index in [1.54, 1.807) is 0 Å². The molecule has 2 nitrogen and oxygen atoms in total. The van der Waals surface area contributed by atoms with Crippen molar-refractivity contribution >= 4 is 0 Å². The van der Waals surface area contributed by atoms with E-state index < -0.39 is 0 Å². The highest BCUT2D eigenvalue weighted by atomic mass is 14.5. The lowest BCUT2D eigenvalue weighted by Crippen LogP contribution is -2.24. The summed E-state index contributed by atoms with van der Waals surface area (Å²) >= 11 is 0. The third-order valence-corrected chi connectivity index (χ3v) is 4.24. The number of hydrogen-bond acceptors (Lipinski definition) is 2. The van der Waals surface area contributed by atoms with Gasteiger partial charge in [-0.1, -0.05) is 32.1 Å². The van der Waals surface area contributed by atoms with Crippen LogP contribution in [0.4, 0.5) is 0 Å². The van der Waals surface area contributed by atoms with E-state index in [2.05, 4.69) is 0 Å². The first kappa shape index (κ1) is 14.0. The average Bonchev–Trinajstić information content (AvgIpc) is 2.31. The molecule has 1 aliphatic carbocycles. The van der Waals surface area contributed by atoms with Crippen LogP contribution in [0, 0.1) is 5.41 Å². The van der Waals surface area contributed by atoms with Crippen molar-refractivity contribution in [3.05, 3.63) is 0 Å². The lowest BCUT2D eigenvalue weighted by molar-refractivity contribution is 0.148. The Morgan fingerprint density at radius 3 is 1.62 bits per heavy atom. The van der Waals surface area contributed by atoms with E-state index in [1.165, 1.54) is 70.6 Å². The number of unbranched alkanes of at least 4 members (excludes halogenated alkanes) is 2. The maximum atomic E-state index is 5.59. The van der Waals surface area contributed by atoms with Crippen LogP contribution in [0.3, 0.4) is 0 Å². The van der Waals surface area contributed by atoms with Crippen LogP contribution in [-0.2, 0) is 0 Å². The van der Waals surface area contributed by atoms with E-state index in [1.807, 2.05) is 0 Å². The van der Waals surface area contributed by atoms with E-state index in [4.69, 9.17) is 11.5 Å². The molecule has 0 aromatic carbocycles. The number of nitrogens with two attached hydrogens (primary N) is 2. The van der Waals surface area contributed by atoms with Crippen molar-refractivity contribution in [2.75, 3.05) is 13.1 Å². The zero-order valence-corrected chi connectivity index (χ0v) is 10.8. The summed E-state index contributed by atoms with van der Waals surface area (Å²) in [4.78, 5) is 0. The highest BCUT2D eigenvalue weighted by Gasteiger charge is 2.30. The van der Waals surface area contributed by atoms with Crippen LogP contribution < -0.4 is 11.5 Å². The topological polar surface area (TPSA) is 52.0 Å². The van der Waals surface area contributed by atoms with Gasteiger partial charge in [-0.3, -0.25) is 0 Å². The van der Waals surface area contributed by atoms with Crippen molar-refractivity contribution in [1.82, 2.24) is 0 Å². The highest BCUT2D eigenvalue weighted by Crippen LogP contribution is 2.44. The Hall–Kier alpha value is -0.0800. The maximum Gasteiger partial charge on any atom is -0.00773 e. The minimum absolute atomic E-state index is 0.669.